The Labute approximate surface area is 176 Å². The van der Waals surface area contributed by atoms with Crippen LogP contribution in [-0.4, -0.2) is 30.4 Å². The van der Waals surface area contributed by atoms with Crippen LogP contribution in [0.1, 0.15) is 5.48 Å². The number of rotatable bonds is 2. The molecule has 0 bridgehead atoms. The van der Waals surface area contributed by atoms with Gasteiger partial charge in [0.1, 0.15) is 0 Å². The molecular weight excluding hydrogens is 389 g/mol. The summed E-state index contributed by atoms with van der Waals surface area (Å²) in [5.41, 5.74) is 2.07. The summed E-state index contributed by atoms with van der Waals surface area (Å²) in [5.74, 6) is 0. The molecule has 4 rings (SSSR count). The van der Waals surface area contributed by atoms with Crippen LogP contribution < -0.4 is 0 Å². The van der Waals surface area contributed by atoms with E-state index in [0.717, 1.165) is 0 Å². The van der Waals surface area contributed by atoms with E-state index in [0.29, 0.717) is 22.8 Å². The Morgan fingerprint density at radius 3 is 1.52 bits per heavy atom. The summed E-state index contributed by atoms with van der Waals surface area (Å²) in [4.78, 5) is 7.87. The Hall–Kier alpha value is -2.44. The zero-order chi connectivity index (χ0) is 19.9. The van der Waals surface area contributed by atoms with Crippen LogP contribution in [0.3, 0.4) is 0 Å². The van der Waals surface area contributed by atoms with Crippen molar-refractivity contribution in [2.75, 3.05) is 0 Å². The molecule has 0 unspecified atom stereocenters. The van der Waals surface area contributed by atoms with E-state index in [1.165, 1.54) is 12.1 Å². The molecule has 4 aromatic heterocycles. The minimum atomic E-state index is 0. The summed E-state index contributed by atoms with van der Waals surface area (Å²) in [6.45, 7) is 0. The molecule has 0 amide bonds. The van der Waals surface area contributed by atoms with E-state index < -0.39 is 0 Å². The minimum absolute atomic E-state index is 0. The van der Waals surface area contributed by atoms with Crippen molar-refractivity contribution in [3.8, 4) is 22.8 Å². The van der Waals surface area contributed by atoms with Gasteiger partial charge < -0.3 is 0 Å². The molecule has 0 saturated heterocycles. The first-order valence-corrected chi connectivity index (χ1v) is 6.82. The van der Waals surface area contributed by atoms with E-state index in [2.05, 4.69) is 42.8 Å². The van der Waals surface area contributed by atoms with E-state index in [1.54, 1.807) is 36.4 Å². The third-order valence-corrected chi connectivity index (χ3v) is 2.69. The molecule has 0 aliphatic rings. The van der Waals surface area contributed by atoms with Gasteiger partial charge in [0.2, 0.25) is 0 Å². The summed E-state index contributed by atoms with van der Waals surface area (Å²) < 4.78 is 29.5. The van der Waals surface area contributed by atoms with Crippen molar-refractivity contribution in [1.29, 1.82) is 0 Å². The van der Waals surface area contributed by atoms with Gasteiger partial charge in [0.25, 0.3) is 0 Å². The van der Waals surface area contributed by atoms with Gasteiger partial charge in [0, 0.05) is 56.4 Å². The largest absolute Gasteiger partial charge is 0.267 e. The molecule has 0 aromatic carbocycles. The van der Waals surface area contributed by atoms with Crippen molar-refractivity contribution >= 4 is 0 Å². The second-order valence-electron chi connectivity index (χ2n) is 4.26. The summed E-state index contributed by atoms with van der Waals surface area (Å²) in [6, 6.07) is 12.9. The van der Waals surface area contributed by atoms with E-state index in [4.69, 9.17) is 5.48 Å². The normalized spacial score (nSPS) is 11.5. The molecule has 119 valence electrons. The van der Waals surface area contributed by atoms with Crippen molar-refractivity contribution in [2.24, 2.45) is 0 Å². The minimum Gasteiger partial charge on any atom is -0.267 e. The van der Waals surface area contributed by atoms with E-state index in [-0.39, 0.29) is 57.1 Å². The molecule has 7 heteroatoms. The van der Waals surface area contributed by atoms with Gasteiger partial charge in [-0.1, -0.05) is 12.1 Å². The summed E-state index contributed by atoms with van der Waals surface area (Å²) in [6.07, 6.45) is 5.21. The molecule has 0 aliphatic heterocycles. The van der Waals surface area contributed by atoms with Gasteiger partial charge in [-0.2, -0.15) is 22.3 Å². The molecule has 1 radical (unpaired) electrons. The van der Waals surface area contributed by atoms with Gasteiger partial charge in [-0.05, 0) is 24.3 Å². The van der Waals surface area contributed by atoms with Gasteiger partial charge in [-0.25, -0.2) is 12.1 Å². The molecule has 0 saturated carbocycles. The van der Waals surface area contributed by atoms with Crippen LogP contribution in [0, 0.1) is 12.4 Å². The third-order valence-electron chi connectivity index (χ3n) is 2.69. The fourth-order valence-corrected chi connectivity index (χ4v) is 1.65. The maximum absolute atomic E-state index is 7.41. The average Bonchev–Trinajstić information content (AvgIpc) is 2.68. The van der Waals surface area contributed by atoms with Gasteiger partial charge >= 0.3 is 0 Å². The fraction of sp³-hybridized carbons (Fsp3) is 0. The second kappa shape index (κ2) is 10.4. The quantitative estimate of drug-likeness (QED) is 0.474. The van der Waals surface area contributed by atoms with Gasteiger partial charge in [-0.3, -0.25) is 20.2 Å². The molecule has 4 heterocycles. The first-order chi connectivity index (χ1) is 13.5. The maximum Gasteiger partial charge on any atom is 0.0840 e. The number of hydrogen-bond donors (Lipinski definition) is 0. The molecule has 0 atom stereocenters. The van der Waals surface area contributed by atoms with Gasteiger partial charge in [0.15, 0.2) is 0 Å². The number of hydrogen-bond acceptors (Lipinski definition) is 6. The van der Waals surface area contributed by atoms with Crippen molar-refractivity contribution in [1.82, 2.24) is 30.4 Å². The average molecular weight is 409 g/mol. The Bertz CT molecular complexity index is 943. The molecule has 4 aromatic rings. The van der Waals surface area contributed by atoms with Crippen molar-refractivity contribution in [3.63, 3.8) is 0 Å². The molecule has 0 fully saturated rings. The summed E-state index contributed by atoms with van der Waals surface area (Å²) in [5, 5.41) is 14.8. The van der Waals surface area contributed by atoms with Crippen molar-refractivity contribution in [2.45, 2.75) is 0 Å². The summed E-state index contributed by atoms with van der Waals surface area (Å²) in [7, 11) is 0. The molecule has 25 heavy (non-hydrogen) atoms. The van der Waals surface area contributed by atoms with Gasteiger partial charge in [-0.15, -0.1) is 12.4 Å². The van der Waals surface area contributed by atoms with Crippen LogP contribution in [0.15, 0.2) is 73.0 Å². The standard InChI is InChI=1S/2C9H6N3.Y/c2*1-2-6-10-8(4-1)9-5-3-7-11-12-9;/h2*1-6H;/q2*-1;/i2*1T,6T;. The second-order valence-corrected chi connectivity index (χ2v) is 4.26. The zero-order valence-corrected chi connectivity index (χ0v) is 15.7. The van der Waals surface area contributed by atoms with Crippen LogP contribution in [0.5, 0.6) is 0 Å². The Balaban J connectivity index is 0.000000200. The topological polar surface area (TPSA) is 77.3 Å². The van der Waals surface area contributed by atoms with E-state index in [9.17, 15) is 0 Å². The Morgan fingerprint density at radius 2 is 1.16 bits per heavy atom. The maximum atomic E-state index is 7.41. The molecule has 6 nitrogen and oxygen atoms in total. The first kappa shape index (κ1) is 13.8. The third kappa shape index (κ3) is 5.85. The number of nitrogens with zero attached hydrogens (tertiary/aromatic N) is 6. The molecular formula is C18H12N6Y-2. The van der Waals surface area contributed by atoms with Crippen LogP contribution in [0.25, 0.3) is 22.8 Å². The zero-order valence-electron chi connectivity index (χ0n) is 16.9. The number of pyridine rings is 2. The molecule has 0 aliphatic carbocycles. The Kier molecular flexibility index (Phi) is 5.76. The van der Waals surface area contributed by atoms with Crippen LogP contribution in [0.4, 0.5) is 0 Å². The predicted molar refractivity (Wildman–Crippen MR) is 88.2 cm³/mol. The SMILES string of the molecule is [3H]c1cc([3H])nc(-c2cc[c-]nn2)c1.[3H]c1cc([3H])nc(-c2cc[c-]nn2)c1.[Y]. The van der Waals surface area contributed by atoms with Crippen LogP contribution >= 0.6 is 0 Å². The van der Waals surface area contributed by atoms with E-state index in [1.807, 2.05) is 0 Å². The predicted octanol–water partition coefficient (Wildman–Crippen LogP) is 2.68. The van der Waals surface area contributed by atoms with E-state index >= 15 is 0 Å². The van der Waals surface area contributed by atoms with Crippen LogP contribution in [0.2, 0.25) is 0 Å². The number of aromatic nitrogens is 6. The van der Waals surface area contributed by atoms with Crippen molar-refractivity contribution in [3.05, 3.63) is 85.4 Å². The van der Waals surface area contributed by atoms with Gasteiger partial charge in [0.05, 0.1) is 16.9 Å². The van der Waals surface area contributed by atoms with Crippen LogP contribution in [-0.2, 0) is 32.7 Å². The first-order valence-electron chi connectivity index (χ1n) is 8.82. The smallest absolute Gasteiger partial charge is 0.0840 e. The fourth-order valence-electron chi connectivity index (χ4n) is 1.65. The Morgan fingerprint density at radius 1 is 0.680 bits per heavy atom. The van der Waals surface area contributed by atoms with Crippen molar-refractivity contribution < 1.29 is 38.2 Å². The monoisotopic (exact) mass is 409 g/mol. The molecule has 0 N–H and O–H groups in total. The molecule has 0 spiro atoms. The summed E-state index contributed by atoms with van der Waals surface area (Å²) >= 11 is 0.